The van der Waals surface area contributed by atoms with Crippen LogP contribution in [0.4, 0.5) is 5.00 Å². The van der Waals surface area contributed by atoms with E-state index in [1.807, 2.05) is 6.07 Å². The number of nitrogens with one attached hydrogen (secondary N) is 1. The minimum atomic E-state index is -0.563. The molecule has 0 spiro atoms. The highest BCUT2D eigenvalue weighted by molar-refractivity contribution is 7.17. The molecular weight excluding hydrogens is 336 g/mol. The second kappa shape index (κ2) is 7.28. The van der Waals surface area contributed by atoms with Crippen LogP contribution in [0.2, 0.25) is 0 Å². The molecule has 3 N–H and O–H groups in total. The summed E-state index contributed by atoms with van der Waals surface area (Å²) < 4.78 is 0. The Kier molecular flexibility index (Phi) is 4.91. The summed E-state index contributed by atoms with van der Waals surface area (Å²) in [6.45, 7) is 0. The number of aryl methyl sites for hydroxylation is 1. The summed E-state index contributed by atoms with van der Waals surface area (Å²) in [5.41, 5.74) is 7.43. The van der Waals surface area contributed by atoms with Crippen LogP contribution < -0.4 is 11.1 Å². The Bertz CT molecular complexity index is 894. The molecule has 2 amide bonds. The van der Waals surface area contributed by atoms with E-state index in [2.05, 4.69) is 10.3 Å². The van der Waals surface area contributed by atoms with Crippen LogP contribution in [0.1, 0.15) is 39.2 Å². The number of hydrogen-bond donors (Lipinski definition) is 2. The molecule has 0 aliphatic heterocycles. The average Bonchev–Trinajstić information content (AvgIpc) is 2.98. The van der Waals surface area contributed by atoms with Crippen LogP contribution in [-0.2, 0) is 17.6 Å². The summed E-state index contributed by atoms with van der Waals surface area (Å²) in [4.78, 5) is 29.4. The predicted octanol–water partition coefficient (Wildman–Crippen LogP) is 2.67. The molecule has 0 atom stereocenters. The Morgan fingerprint density at radius 2 is 2.16 bits per heavy atom. The van der Waals surface area contributed by atoms with Crippen molar-refractivity contribution >= 4 is 34.2 Å². The first kappa shape index (κ1) is 16.9. The Hall–Kier alpha value is -2.98. The minimum absolute atomic E-state index is 0.0604. The fourth-order valence-corrected chi connectivity index (χ4v) is 4.15. The first-order valence-electron chi connectivity index (χ1n) is 7.87. The summed E-state index contributed by atoms with van der Waals surface area (Å²) in [7, 11) is 0. The predicted molar refractivity (Wildman–Crippen MR) is 95.9 cm³/mol. The van der Waals surface area contributed by atoms with Crippen molar-refractivity contribution in [3.8, 4) is 6.07 Å². The first-order valence-corrected chi connectivity index (χ1v) is 8.69. The number of carbonyl (C=O) groups excluding carboxylic acids is 2. The first-order chi connectivity index (χ1) is 12.1. The molecule has 0 unspecified atom stereocenters. The van der Waals surface area contributed by atoms with Gasteiger partial charge in [-0.1, -0.05) is 6.07 Å². The highest BCUT2D eigenvalue weighted by Gasteiger charge is 2.25. The number of primary amides is 1. The van der Waals surface area contributed by atoms with Crippen molar-refractivity contribution < 1.29 is 9.59 Å². The van der Waals surface area contributed by atoms with Crippen LogP contribution in [0.15, 0.2) is 30.1 Å². The molecule has 25 heavy (non-hydrogen) atoms. The normalized spacial score (nSPS) is 13.6. The molecular formula is C18H16N4O2S. The lowest BCUT2D eigenvalue weighted by atomic mass is 9.95. The third-order valence-electron chi connectivity index (χ3n) is 4.01. The third kappa shape index (κ3) is 3.59. The quantitative estimate of drug-likeness (QED) is 0.651. The number of anilines is 1. The zero-order valence-corrected chi connectivity index (χ0v) is 14.2. The number of pyridine rings is 1. The van der Waals surface area contributed by atoms with Gasteiger partial charge in [0.25, 0.3) is 11.8 Å². The van der Waals surface area contributed by atoms with Crippen LogP contribution in [0.25, 0.3) is 6.08 Å². The number of fused-ring (bicyclic) bond motifs is 1. The molecule has 0 aromatic carbocycles. The zero-order valence-electron chi connectivity index (χ0n) is 13.4. The highest BCUT2D eigenvalue weighted by Crippen LogP contribution is 2.38. The van der Waals surface area contributed by atoms with Gasteiger partial charge in [0.15, 0.2) is 0 Å². The molecule has 126 valence electrons. The van der Waals surface area contributed by atoms with Crippen molar-refractivity contribution in [2.75, 3.05) is 5.32 Å². The number of hydrogen-bond acceptors (Lipinski definition) is 5. The molecule has 0 radical (unpaired) electrons. The second-order valence-electron chi connectivity index (χ2n) is 5.69. The van der Waals surface area contributed by atoms with Gasteiger partial charge in [0.1, 0.15) is 16.6 Å². The molecule has 3 rings (SSSR count). The maximum Gasteiger partial charge on any atom is 0.266 e. The smallest absolute Gasteiger partial charge is 0.266 e. The van der Waals surface area contributed by atoms with Crippen molar-refractivity contribution in [1.82, 2.24) is 4.98 Å². The summed E-state index contributed by atoms with van der Waals surface area (Å²) in [5.74, 6) is -1.11. The van der Waals surface area contributed by atoms with Crippen LogP contribution in [-0.4, -0.2) is 16.8 Å². The van der Waals surface area contributed by atoms with Gasteiger partial charge in [-0.3, -0.25) is 14.6 Å². The molecule has 2 aromatic rings. The Labute approximate surface area is 149 Å². The van der Waals surface area contributed by atoms with Gasteiger partial charge in [0.2, 0.25) is 0 Å². The summed E-state index contributed by atoms with van der Waals surface area (Å²) in [5, 5.41) is 12.4. The van der Waals surface area contributed by atoms with E-state index in [-0.39, 0.29) is 5.57 Å². The van der Waals surface area contributed by atoms with E-state index in [9.17, 15) is 14.9 Å². The van der Waals surface area contributed by atoms with Crippen molar-refractivity contribution in [1.29, 1.82) is 5.26 Å². The number of nitrogens with zero attached hydrogens (tertiary/aromatic N) is 2. The Morgan fingerprint density at radius 1 is 1.36 bits per heavy atom. The molecule has 1 aliphatic rings. The number of thiophene rings is 1. The van der Waals surface area contributed by atoms with Gasteiger partial charge >= 0.3 is 0 Å². The van der Waals surface area contributed by atoms with Gasteiger partial charge in [-0.2, -0.15) is 5.26 Å². The molecule has 6 nitrogen and oxygen atoms in total. The topological polar surface area (TPSA) is 109 Å². The lowest BCUT2D eigenvalue weighted by Gasteiger charge is -2.11. The highest BCUT2D eigenvalue weighted by atomic mass is 32.1. The fourth-order valence-electron chi connectivity index (χ4n) is 2.86. The van der Waals surface area contributed by atoms with Gasteiger partial charge in [-0.25, -0.2) is 0 Å². The number of nitriles is 1. The van der Waals surface area contributed by atoms with Crippen LogP contribution >= 0.6 is 11.3 Å². The van der Waals surface area contributed by atoms with Crippen LogP contribution in [0.5, 0.6) is 0 Å². The summed E-state index contributed by atoms with van der Waals surface area (Å²) in [6, 6.07) is 5.36. The van der Waals surface area contributed by atoms with Crippen LogP contribution in [0, 0.1) is 11.3 Å². The van der Waals surface area contributed by atoms with Crippen molar-refractivity contribution in [2.45, 2.75) is 25.7 Å². The fraction of sp³-hybridized carbons (Fsp3) is 0.222. The SMILES string of the molecule is N#C/C(=C\c1cccnc1)C(=O)Nc1sc2c(c1C(N)=O)CCCC2. The van der Waals surface area contributed by atoms with Gasteiger partial charge in [-0.05, 0) is 49.0 Å². The zero-order chi connectivity index (χ0) is 17.8. The van der Waals surface area contributed by atoms with Crippen LogP contribution in [0.3, 0.4) is 0 Å². The van der Waals surface area contributed by atoms with Crippen molar-refractivity contribution in [2.24, 2.45) is 5.73 Å². The second-order valence-corrected chi connectivity index (χ2v) is 6.79. The number of amides is 2. The Balaban J connectivity index is 1.90. The Morgan fingerprint density at radius 3 is 2.84 bits per heavy atom. The van der Waals surface area contributed by atoms with Crippen molar-refractivity contribution in [3.63, 3.8) is 0 Å². The average molecular weight is 352 g/mol. The molecule has 0 saturated carbocycles. The number of carbonyl (C=O) groups is 2. The standard InChI is InChI=1S/C18H16N4O2S/c19-9-12(8-11-4-3-7-21-10-11)17(24)22-18-15(16(20)23)13-5-1-2-6-14(13)25-18/h3-4,7-8,10H,1-2,5-6H2,(H2,20,23)(H,22,24)/b12-8+. The molecule has 0 fully saturated rings. The van der Waals surface area contributed by atoms with E-state index in [1.165, 1.54) is 17.4 Å². The number of aromatic nitrogens is 1. The maximum atomic E-state index is 12.5. The molecule has 2 aromatic heterocycles. The minimum Gasteiger partial charge on any atom is -0.365 e. The molecule has 0 bridgehead atoms. The van der Waals surface area contributed by atoms with E-state index in [4.69, 9.17) is 5.73 Å². The maximum absolute atomic E-state index is 12.5. The monoisotopic (exact) mass is 352 g/mol. The summed E-state index contributed by atoms with van der Waals surface area (Å²) >= 11 is 1.37. The molecule has 1 aliphatic carbocycles. The van der Waals surface area contributed by atoms with E-state index >= 15 is 0 Å². The van der Waals surface area contributed by atoms with Gasteiger partial charge in [0.05, 0.1) is 5.56 Å². The van der Waals surface area contributed by atoms with Gasteiger partial charge < -0.3 is 11.1 Å². The summed E-state index contributed by atoms with van der Waals surface area (Å²) in [6.07, 6.45) is 8.36. The van der Waals surface area contributed by atoms with E-state index < -0.39 is 11.8 Å². The largest absolute Gasteiger partial charge is 0.365 e. The molecule has 2 heterocycles. The molecule has 7 heteroatoms. The van der Waals surface area contributed by atoms with Gasteiger partial charge in [-0.15, -0.1) is 11.3 Å². The van der Waals surface area contributed by atoms with E-state index in [1.54, 1.807) is 24.5 Å². The number of rotatable bonds is 4. The van der Waals surface area contributed by atoms with Gasteiger partial charge in [0, 0.05) is 17.3 Å². The number of nitrogens with two attached hydrogens (primary N) is 1. The lowest BCUT2D eigenvalue weighted by Crippen LogP contribution is -2.19. The molecule has 0 saturated heterocycles. The van der Waals surface area contributed by atoms with E-state index in [0.29, 0.717) is 16.1 Å². The van der Waals surface area contributed by atoms with Crippen molar-refractivity contribution in [3.05, 3.63) is 51.7 Å². The third-order valence-corrected chi connectivity index (χ3v) is 5.21. The lowest BCUT2D eigenvalue weighted by molar-refractivity contribution is -0.112. The van der Waals surface area contributed by atoms with E-state index in [0.717, 1.165) is 36.1 Å².